The van der Waals surface area contributed by atoms with Crippen LogP contribution in [0.1, 0.15) is 19.4 Å². The number of nitrogens with two attached hydrogens (primary N) is 1. The first-order chi connectivity index (χ1) is 9.49. The summed E-state index contributed by atoms with van der Waals surface area (Å²) < 4.78 is 0. The number of hydrogen-bond acceptors (Lipinski definition) is 2. The standard InChI is InChI=1S/C16H26N4.HI/c1-13(2)10-18-16(17)19-11-14(3)20(4)12-15-8-6-5-7-9-15;/h5-9,14H,1,10-12H2,2-4H3,(H3,17,18,19);1H. The third-order valence-electron chi connectivity index (χ3n) is 3.12. The molecule has 0 aliphatic carbocycles. The number of guanidine groups is 1. The first-order valence-electron chi connectivity index (χ1n) is 6.91. The molecule has 0 heterocycles. The first kappa shape index (κ1) is 19.9. The molecule has 1 aromatic rings. The number of hydrogen-bond donors (Lipinski definition) is 2. The third kappa shape index (κ3) is 8.72. The second-order valence-electron chi connectivity index (χ2n) is 5.29. The Morgan fingerprint density at radius 1 is 1.38 bits per heavy atom. The van der Waals surface area contributed by atoms with Gasteiger partial charge in [-0.3, -0.25) is 9.89 Å². The van der Waals surface area contributed by atoms with E-state index < -0.39 is 0 Å². The number of benzene rings is 1. The van der Waals surface area contributed by atoms with Crippen molar-refractivity contribution in [3.8, 4) is 0 Å². The van der Waals surface area contributed by atoms with Gasteiger partial charge in [-0.2, -0.15) is 0 Å². The molecule has 0 aliphatic rings. The molecule has 1 rings (SSSR count). The van der Waals surface area contributed by atoms with E-state index in [0.717, 1.165) is 12.1 Å². The maximum Gasteiger partial charge on any atom is 0.188 e. The van der Waals surface area contributed by atoms with Crippen LogP contribution in [0.4, 0.5) is 0 Å². The van der Waals surface area contributed by atoms with Gasteiger partial charge in [-0.05, 0) is 26.5 Å². The van der Waals surface area contributed by atoms with Gasteiger partial charge in [-0.25, -0.2) is 0 Å². The Morgan fingerprint density at radius 2 is 2.00 bits per heavy atom. The molecule has 5 heteroatoms. The van der Waals surface area contributed by atoms with E-state index in [2.05, 4.69) is 60.0 Å². The SMILES string of the molecule is C=C(C)CNC(N)=NCC(C)N(C)Cc1ccccc1.I. The Bertz CT molecular complexity index is 445. The van der Waals surface area contributed by atoms with Crippen molar-refractivity contribution < 1.29 is 0 Å². The summed E-state index contributed by atoms with van der Waals surface area (Å²) in [5.74, 6) is 0.480. The van der Waals surface area contributed by atoms with E-state index in [1.165, 1.54) is 5.56 Å². The minimum atomic E-state index is 0. The Kier molecular flexibility index (Phi) is 10.1. The van der Waals surface area contributed by atoms with Crippen molar-refractivity contribution in [3.05, 3.63) is 48.0 Å². The highest BCUT2D eigenvalue weighted by molar-refractivity contribution is 14.0. The van der Waals surface area contributed by atoms with Gasteiger partial charge in [0.25, 0.3) is 0 Å². The number of rotatable bonds is 7. The number of halogens is 1. The molecule has 1 aromatic carbocycles. The topological polar surface area (TPSA) is 53.6 Å². The van der Waals surface area contributed by atoms with Crippen molar-refractivity contribution in [3.63, 3.8) is 0 Å². The zero-order valence-electron chi connectivity index (χ0n) is 13.2. The van der Waals surface area contributed by atoms with Crippen molar-refractivity contribution in [2.75, 3.05) is 20.1 Å². The molecule has 0 fully saturated rings. The van der Waals surface area contributed by atoms with Gasteiger partial charge in [0, 0.05) is 19.1 Å². The molecular formula is C16H27IN4. The molecule has 3 N–H and O–H groups in total. The van der Waals surface area contributed by atoms with Crippen LogP contribution in [-0.4, -0.2) is 37.0 Å². The fourth-order valence-corrected chi connectivity index (χ4v) is 1.69. The van der Waals surface area contributed by atoms with Crippen LogP contribution in [0.15, 0.2) is 47.5 Å². The molecule has 4 nitrogen and oxygen atoms in total. The molecule has 0 amide bonds. The molecule has 0 aliphatic heterocycles. The lowest BCUT2D eigenvalue weighted by molar-refractivity contribution is 0.255. The van der Waals surface area contributed by atoms with E-state index >= 15 is 0 Å². The van der Waals surface area contributed by atoms with Gasteiger partial charge in [0.15, 0.2) is 5.96 Å². The number of nitrogens with one attached hydrogen (secondary N) is 1. The van der Waals surface area contributed by atoms with Gasteiger partial charge < -0.3 is 11.1 Å². The minimum absolute atomic E-state index is 0. The van der Waals surface area contributed by atoms with Crippen LogP contribution in [0.3, 0.4) is 0 Å². The third-order valence-corrected chi connectivity index (χ3v) is 3.12. The van der Waals surface area contributed by atoms with E-state index in [4.69, 9.17) is 5.73 Å². The number of likely N-dealkylation sites (N-methyl/N-ethyl adjacent to an activating group) is 1. The van der Waals surface area contributed by atoms with Gasteiger partial charge >= 0.3 is 0 Å². The maximum atomic E-state index is 5.80. The van der Waals surface area contributed by atoms with Crippen LogP contribution in [0.25, 0.3) is 0 Å². The van der Waals surface area contributed by atoms with E-state index in [0.29, 0.717) is 25.1 Å². The predicted molar refractivity (Wildman–Crippen MR) is 102 cm³/mol. The Hall–Kier alpha value is -1.08. The first-order valence-corrected chi connectivity index (χ1v) is 6.91. The van der Waals surface area contributed by atoms with Crippen LogP contribution in [-0.2, 0) is 6.54 Å². The van der Waals surface area contributed by atoms with Gasteiger partial charge in [0.05, 0.1) is 6.54 Å². The second-order valence-corrected chi connectivity index (χ2v) is 5.29. The molecule has 0 spiro atoms. The Balaban J connectivity index is 0.00000400. The lowest BCUT2D eigenvalue weighted by atomic mass is 10.2. The fraction of sp³-hybridized carbons (Fsp3) is 0.438. The van der Waals surface area contributed by atoms with Gasteiger partial charge in [0.2, 0.25) is 0 Å². The molecular weight excluding hydrogens is 375 g/mol. The van der Waals surface area contributed by atoms with Crippen LogP contribution >= 0.6 is 24.0 Å². The van der Waals surface area contributed by atoms with Crippen molar-refractivity contribution in [1.29, 1.82) is 0 Å². The summed E-state index contributed by atoms with van der Waals surface area (Å²) in [7, 11) is 2.10. The minimum Gasteiger partial charge on any atom is -0.370 e. The molecule has 0 bridgehead atoms. The quantitative estimate of drug-likeness (QED) is 0.319. The summed E-state index contributed by atoms with van der Waals surface area (Å²) in [4.78, 5) is 6.63. The molecule has 1 atom stereocenters. The summed E-state index contributed by atoms with van der Waals surface area (Å²) in [5.41, 5.74) is 8.15. The monoisotopic (exact) mass is 402 g/mol. The molecule has 21 heavy (non-hydrogen) atoms. The average Bonchev–Trinajstić information content (AvgIpc) is 2.43. The predicted octanol–water partition coefficient (Wildman–Crippen LogP) is 2.61. The van der Waals surface area contributed by atoms with E-state index in [9.17, 15) is 0 Å². The largest absolute Gasteiger partial charge is 0.370 e. The summed E-state index contributed by atoms with van der Waals surface area (Å²) in [6.45, 7) is 10.2. The molecule has 1 unspecified atom stereocenters. The fourth-order valence-electron chi connectivity index (χ4n) is 1.69. The van der Waals surface area contributed by atoms with E-state index in [1.54, 1.807) is 0 Å². The summed E-state index contributed by atoms with van der Waals surface area (Å²) in [5, 5.41) is 3.04. The zero-order valence-corrected chi connectivity index (χ0v) is 15.5. The Labute approximate surface area is 145 Å². The van der Waals surface area contributed by atoms with Gasteiger partial charge in [-0.1, -0.05) is 42.5 Å². The van der Waals surface area contributed by atoms with Crippen molar-refractivity contribution in [2.24, 2.45) is 10.7 Å². The van der Waals surface area contributed by atoms with Crippen LogP contribution in [0.5, 0.6) is 0 Å². The normalized spacial score (nSPS) is 12.7. The highest BCUT2D eigenvalue weighted by Crippen LogP contribution is 2.06. The van der Waals surface area contributed by atoms with E-state index in [-0.39, 0.29) is 24.0 Å². The maximum absolute atomic E-state index is 5.80. The molecule has 0 aromatic heterocycles. The number of nitrogens with zero attached hydrogens (tertiary/aromatic N) is 2. The summed E-state index contributed by atoms with van der Waals surface area (Å²) in [6.07, 6.45) is 0. The smallest absolute Gasteiger partial charge is 0.188 e. The van der Waals surface area contributed by atoms with Crippen molar-refractivity contribution >= 4 is 29.9 Å². The second kappa shape index (κ2) is 10.6. The summed E-state index contributed by atoms with van der Waals surface area (Å²) >= 11 is 0. The van der Waals surface area contributed by atoms with Crippen LogP contribution < -0.4 is 11.1 Å². The van der Waals surface area contributed by atoms with Crippen LogP contribution in [0.2, 0.25) is 0 Å². The zero-order chi connectivity index (χ0) is 15.0. The lowest BCUT2D eigenvalue weighted by Gasteiger charge is -2.23. The Morgan fingerprint density at radius 3 is 2.57 bits per heavy atom. The highest BCUT2D eigenvalue weighted by atomic mass is 127. The average molecular weight is 402 g/mol. The van der Waals surface area contributed by atoms with Gasteiger partial charge in [-0.15, -0.1) is 24.0 Å². The van der Waals surface area contributed by atoms with Crippen molar-refractivity contribution in [1.82, 2.24) is 10.2 Å². The highest BCUT2D eigenvalue weighted by Gasteiger charge is 2.09. The summed E-state index contributed by atoms with van der Waals surface area (Å²) in [6, 6.07) is 10.8. The molecule has 0 radical (unpaired) electrons. The van der Waals surface area contributed by atoms with E-state index in [1.807, 2.05) is 13.0 Å². The molecule has 0 saturated carbocycles. The van der Waals surface area contributed by atoms with Crippen LogP contribution in [0, 0.1) is 0 Å². The number of aliphatic imine (C=N–C) groups is 1. The van der Waals surface area contributed by atoms with Crippen molar-refractivity contribution in [2.45, 2.75) is 26.4 Å². The molecule has 118 valence electrons. The lowest BCUT2D eigenvalue weighted by Crippen LogP contribution is -2.36. The van der Waals surface area contributed by atoms with Gasteiger partial charge in [0.1, 0.15) is 0 Å². The molecule has 0 saturated heterocycles.